The molecule has 1 saturated heterocycles. The average molecular weight is 390 g/mol. The van der Waals surface area contributed by atoms with Crippen molar-refractivity contribution in [2.75, 3.05) is 20.3 Å². The van der Waals surface area contributed by atoms with Gasteiger partial charge in [0.05, 0.1) is 28.7 Å². The van der Waals surface area contributed by atoms with E-state index in [2.05, 4.69) is 0 Å². The summed E-state index contributed by atoms with van der Waals surface area (Å²) in [7, 11) is 1.44. The molecule has 0 unspecified atom stereocenters. The van der Waals surface area contributed by atoms with Gasteiger partial charge < -0.3 is 9.47 Å². The van der Waals surface area contributed by atoms with E-state index in [-0.39, 0.29) is 21.6 Å². The van der Waals surface area contributed by atoms with Gasteiger partial charge in [-0.3, -0.25) is 19.3 Å². The summed E-state index contributed by atoms with van der Waals surface area (Å²) in [6, 6.07) is 3.12. The zero-order valence-corrected chi connectivity index (χ0v) is 15.1. The lowest BCUT2D eigenvalue weighted by molar-refractivity contribution is -0.145. The summed E-state index contributed by atoms with van der Waals surface area (Å²) in [5.74, 6) is -0.886. The molecule has 24 heavy (non-hydrogen) atoms. The van der Waals surface area contributed by atoms with Crippen LogP contribution >= 0.6 is 35.0 Å². The molecule has 1 aliphatic rings. The Morgan fingerprint density at radius 1 is 1.29 bits per heavy atom. The topological polar surface area (TPSA) is 72.9 Å². The number of methoxy groups -OCH3 is 1. The van der Waals surface area contributed by atoms with Crippen LogP contribution in [0.2, 0.25) is 10.0 Å². The van der Waals surface area contributed by atoms with Crippen molar-refractivity contribution in [3.8, 4) is 5.75 Å². The quantitative estimate of drug-likeness (QED) is 0.565. The predicted molar refractivity (Wildman–Crippen MR) is 92.3 cm³/mol. The Kier molecular flexibility index (Phi) is 6.15. The van der Waals surface area contributed by atoms with Crippen LogP contribution in [0.4, 0.5) is 4.79 Å². The zero-order chi connectivity index (χ0) is 17.9. The molecule has 0 N–H and O–H groups in total. The van der Waals surface area contributed by atoms with Gasteiger partial charge in [-0.05, 0) is 42.5 Å². The lowest BCUT2D eigenvalue weighted by Crippen LogP contribution is -2.34. The van der Waals surface area contributed by atoms with Crippen molar-refractivity contribution in [3.63, 3.8) is 0 Å². The number of ether oxygens (including phenoxy) is 2. The standard InChI is InChI=1S/C15H13Cl2NO5S/c1-3-23-12(19)7-18-14(20)11(24-15(18)21)6-8-4-9(16)13(22-2)10(17)5-8/h4-6H,3,7H2,1-2H3. The maximum absolute atomic E-state index is 12.3. The molecule has 2 amide bonds. The van der Waals surface area contributed by atoms with Gasteiger partial charge in [-0.2, -0.15) is 0 Å². The van der Waals surface area contributed by atoms with Crippen LogP contribution in [0.5, 0.6) is 5.75 Å². The van der Waals surface area contributed by atoms with Gasteiger partial charge >= 0.3 is 5.97 Å². The molecule has 1 aliphatic heterocycles. The number of imide groups is 1. The Labute approximate surface area is 152 Å². The highest BCUT2D eigenvalue weighted by molar-refractivity contribution is 8.18. The molecular weight excluding hydrogens is 377 g/mol. The van der Waals surface area contributed by atoms with Crippen LogP contribution in [-0.2, 0) is 14.3 Å². The predicted octanol–water partition coefficient (Wildman–Crippen LogP) is 3.60. The highest BCUT2D eigenvalue weighted by atomic mass is 35.5. The minimum absolute atomic E-state index is 0.168. The second-order valence-electron chi connectivity index (χ2n) is 4.59. The Balaban J connectivity index is 2.24. The number of hydrogen-bond acceptors (Lipinski definition) is 6. The second-order valence-corrected chi connectivity index (χ2v) is 6.40. The summed E-state index contributed by atoms with van der Waals surface area (Å²) in [4.78, 5) is 36.6. The smallest absolute Gasteiger partial charge is 0.326 e. The van der Waals surface area contributed by atoms with E-state index in [1.54, 1.807) is 19.1 Å². The summed E-state index contributed by atoms with van der Waals surface area (Å²) in [6.45, 7) is 1.40. The maximum atomic E-state index is 12.3. The van der Waals surface area contributed by atoms with Gasteiger partial charge in [0.2, 0.25) is 0 Å². The molecule has 0 atom stereocenters. The highest BCUT2D eigenvalue weighted by Gasteiger charge is 2.36. The minimum Gasteiger partial charge on any atom is -0.494 e. The van der Waals surface area contributed by atoms with Crippen LogP contribution in [0.3, 0.4) is 0 Å². The Hall–Kier alpha value is -1.70. The van der Waals surface area contributed by atoms with Crippen LogP contribution in [0.15, 0.2) is 17.0 Å². The fourth-order valence-corrected chi connectivity index (χ4v) is 3.48. The van der Waals surface area contributed by atoms with E-state index in [1.165, 1.54) is 13.2 Å². The van der Waals surface area contributed by atoms with Gasteiger partial charge in [-0.15, -0.1) is 0 Å². The first kappa shape index (κ1) is 18.6. The van der Waals surface area contributed by atoms with Gasteiger partial charge in [0.1, 0.15) is 6.54 Å². The van der Waals surface area contributed by atoms with Crippen molar-refractivity contribution in [1.82, 2.24) is 4.90 Å². The molecule has 1 aromatic rings. The van der Waals surface area contributed by atoms with Gasteiger partial charge in [-0.25, -0.2) is 0 Å². The number of hydrogen-bond donors (Lipinski definition) is 0. The summed E-state index contributed by atoms with van der Waals surface area (Å²) in [5, 5.41) is 0.0222. The number of benzene rings is 1. The summed E-state index contributed by atoms with van der Waals surface area (Å²) in [5.41, 5.74) is 0.535. The SMILES string of the molecule is CCOC(=O)CN1C(=O)SC(=Cc2cc(Cl)c(OC)c(Cl)c2)C1=O. The minimum atomic E-state index is -0.642. The highest BCUT2D eigenvalue weighted by Crippen LogP contribution is 2.37. The Morgan fingerprint density at radius 3 is 2.46 bits per heavy atom. The van der Waals surface area contributed by atoms with Gasteiger partial charge in [0, 0.05) is 0 Å². The molecule has 0 aliphatic carbocycles. The summed E-state index contributed by atoms with van der Waals surface area (Å²) < 4.78 is 9.80. The molecule has 0 aromatic heterocycles. The normalized spacial score (nSPS) is 16.0. The first-order chi connectivity index (χ1) is 11.4. The third-order valence-corrected chi connectivity index (χ3v) is 4.46. The molecule has 0 spiro atoms. The Morgan fingerprint density at radius 2 is 1.92 bits per heavy atom. The van der Waals surface area contributed by atoms with Crippen LogP contribution in [0, 0.1) is 0 Å². The van der Waals surface area contributed by atoms with Gasteiger partial charge in [0.15, 0.2) is 5.75 Å². The third kappa shape index (κ3) is 4.03. The number of carbonyl (C=O) groups excluding carboxylic acids is 3. The molecule has 9 heteroatoms. The van der Waals surface area contributed by atoms with Crippen molar-refractivity contribution in [3.05, 3.63) is 32.6 Å². The number of halogens is 2. The second kappa shape index (κ2) is 7.92. The number of carbonyl (C=O) groups is 3. The fraction of sp³-hybridized carbons (Fsp3) is 0.267. The van der Waals surface area contributed by atoms with Crippen molar-refractivity contribution >= 4 is 58.2 Å². The van der Waals surface area contributed by atoms with E-state index in [9.17, 15) is 14.4 Å². The molecule has 1 fully saturated rings. The molecule has 0 saturated carbocycles. The number of nitrogens with zero attached hydrogens (tertiary/aromatic N) is 1. The van der Waals surface area contributed by atoms with Gasteiger partial charge in [0.25, 0.3) is 11.1 Å². The van der Waals surface area contributed by atoms with Crippen molar-refractivity contribution in [2.45, 2.75) is 6.92 Å². The molecular formula is C15H13Cl2NO5S. The van der Waals surface area contributed by atoms with Crippen LogP contribution in [0.25, 0.3) is 6.08 Å². The van der Waals surface area contributed by atoms with E-state index >= 15 is 0 Å². The van der Waals surface area contributed by atoms with Crippen molar-refractivity contribution in [1.29, 1.82) is 0 Å². The van der Waals surface area contributed by atoms with Crippen LogP contribution in [-0.4, -0.2) is 42.3 Å². The lowest BCUT2D eigenvalue weighted by atomic mass is 10.2. The first-order valence-corrected chi connectivity index (χ1v) is 8.38. The van der Waals surface area contributed by atoms with E-state index in [0.29, 0.717) is 11.3 Å². The maximum Gasteiger partial charge on any atom is 0.326 e. The monoisotopic (exact) mass is 389 g/mol. The van der Waals surface area contributed by atoms with E-state index in [4.69, 9.17) is 32.7 Å². The molecule has 0 bridgehead atoms. The van der Waals surface area contributed by atoms with Crippen LogP contribution in [0.1, 0.15) is 12.5 Å². The number of amides is 2. The third-order valence-electron chi connectivity index (χ3n) is 2.99. The number of esters is 1. The molecule has 1 heterocycles. The zero-order valence-electron chi connectivity index (χ0n) is 12.8. The van der Waals surface area contributed by atoms with Gasteiger partial charge in [-0.1, -0.05) is 23.2 Å². The number of rotatable bonds is 5. The molecule has 0 radical (unpaired) electrons. The van der Waals surface area contributed by atoms with Crippen molar-refractivity contribution in [2.24, 2.45) is 0 Å². The first-order valence-electron chi connectivity index (χ1n) is 6.81. The molecule has 6 nitrogen and oxygen atoms in total. The van der Waals surface area contributed by atoms with E-state index in [1.807, 2.05) is 0 Å². The molecule has 1 aromatic carbocycles. The summed E-state index contributed by atoms with van der Waals surface area (Å²) in [6.07, 6.45) is 1.48. The number of thioether (sulfide) groups is 1. The Bertz CT molecular complexity index is 712. The molecule has 128 valence electrons. The summed E-state index contributed by atoms with van der Waals surface area (Å²) >= 11 is 12.8. The van der Waals surface area contributed by atoms with E-state index in [0.717, 1.165) is 16.7 Å². The molecule has 2 rings (SSSR count). The van der Waals surface area contributed by atoms with Crippen molar-refractivity contribution < 1.29 is 23.9 Å². The van der Waals surface area contributed by atoms with E-state index < -0.39 is 23.7 Å². The fourth-order valence-electron chi connectivity index (χ4n) is 1.98. The largest absolute Gasteiger partial charge is 0.494 e. The average Bonchev–Trinajstić information content (AvgIpc) is 2.75. The lowest BCUT2D eigenvalue weighted by Gasteiger charge is -2.10. The van der Waals surface area contributed by atoms with Crippen LogP contribution < -0.4 is 4.74 Å².